The number of aryl methyl sites for hydroxylation is 2. The lowest BCUT2D eigenvalue weighted by Crippen LogP contribution is -2.32. The number of hydrogen-bond acceptors (Lipinski definition) is 3. The second kappa shape index (κ2) is 7.18. The average molecular weight is 285 g/mol. The Morgan fingerprint density at radius 3 is 2.76 bits per heavy atom. The molecule has 0 aliphatic carbocycles. The molecule has 0 bridgehead atoms. The molecular formula is C17H23N3O. The van der Waals surface area contributed by atoms with Crippen LogP contribution in [-0.4, -0.2) is 16.3 Å². The average Bonchev–Trinajstić information content (AvgIpc) is 2.46. The van der Waals surface area contributed by atoms with E-state index in [2.05, 4.69) is 49.4 Å². The lowest BCUT2D eigenvalue weighted by Gasteiger charge is -2.21. The molecule has 2 rings (SSSR count). The molecule has 0 aliphatic rings. The van der Waals surface area contributed by atoms with Crippen LogP contribution in [0.3, 0.4) is 0 Å². The van der Waals surface area contributed by atoms with Crippen LogP contribution in [0.4, 0.5) is 0 Å². The number of aromatic nitrogens is 2. The summed E-state index contributed by atoms with van der Waals surface area (Å²) in [6.07, 6.45) is 2.71. The van der Waals surface area contributed by atoms with Gasteiger partial charge in [0.15, 0.2) is 0 Å². The number of benzene rings is 1. The van der Waals surface area contributed by atoms with Crippen LogP contribution < -0.4 is 10.9 Å². The molecule has 1 atom stereocenters. The molecule has 4 nitrogen and oxygen atoms in total. The predicted molar refractivity (Wildman–Crippen MR) is 85.4 cm³/mol. The zero-order valence-corrected chi connectivity index (χ0v) is 13.0. The van der Waals surface area contributed by atoms with E-state index in [9.17, 15) is 4.79 Å². The van der Waals surface area contributed by atoms with Crippen molar-refractivity contribution in [3.63, 3.8) is 0 Å². The zero-order valence-electron chi connectivity index (χ0n) is 13.0. The Kier molecular flexibility index (Phi) is 5.28. The summed E-state index contributed by atoms with van der Waals surface area (Å²) in [5.74, 6) is 0. The standard InChI is InChI=1S/C17H23N3O/c1-4-9-18-16(12-20-17(21)6-5-10-19-20)15-8-7-13(2)11-14(15)3/h5-8,10-11,16,18H,4,9,12H2,1-3H3. The van der Waals surface area contributed by atoms with E-state index >= 15 is 0 Å². The monoisotopic (exact) mass is 285 g/mol. The van der Waals surface area contributed by atoms with Crippen molar-refractivity contribution in [3.8, 4) is 0 Å². The van der Waals surface area contributed by atoms with Crippen LogP contribution in [0.5, 0.6) is 0 Å². The van der Waals surface area contributed by atoms with Gasteiger partial charge in [0.05, 0.1) is 12.6 Å². The van der Waals surface area contributed by atoms with Crippen LogP contribution in [0.1, 0.15) is 36.1 Å². The first-order chi connectivity index (χ1) is 10.1. The molecule has 1 aromatic carbocycles. The van der Waals surface area contributed by atoms with Gasteiger partial charge in [0, 0.05) is 12.3 Å². The summed E-state index contributed by atoms with van der Waals surface area (Å²) in [4.78, 5) is 11.9. The molecule has 2 aromatic rings. The van der Waals surface area contributed by atoms with E-state index in [0.717, 1.165) is 13.0 Å². The summed E-state index contributed by atoms with van der Waals surface area (Å²) in [6, 6.07) is 9.75. The quantitative estimate of drug-likeness (QED) is 0.887. The Balaban J connectivity index is 2.30. The van der Waals surface area contributed by atoms with Crippen molar-refractivity contribution in [2.75, 3.05) is 6.54 Å². The maximum atomic E-state index is 11.9. The predicted octanol–water partition coefficient (Wildman–Crippen LogP) is 2.60. The summed E-state index contributed by atoms with van der Waals surface area (Å²) in [6.45, 7) is 7.81. The van der Waals surface area contributed by atoms with Gasteiger partial charge in [-0.2, -0.15) is 5.10 Å². The van der Waals surface area contributed by atoms with Gasteiger partial charge >= 0.3 is 0 Å². The van der Waals surface area contributed by atoms with Gasteiger partial charge in [-0.15, -0.1) is 0 Å². The highest BCUT2D eigenvalue weighted by Crippen LogP contribution is 2.20. The molecule has 1 heterocycles. The topological polar surface area (TPSA) is 46.9 Å². The lowest BCUT2D eigenvalue weighted by atomic mass is 9.99. The summed E-state index contributed by atoms with van der Waals surface area (Å²) in [5, 5.41) is 7.69. The van der Waals surface area contributed by atoms with Crippen molar-refractivity contribution in [2.24, 2.45) is 0 Å². The molecule has 0 radical (unpaired) electrons. The number of nitrogens with one attached hydrogen (secondary N) is 1. The van der Waals surface area contributed by atoms with Crippen molar-refractivity contribution >= 4 is 0 Å². The van der Waals surface area contributed by atoms with E-state index in [4.69, 9.17) is 0 Å². The fourth-order valence-corrected chi connectivity index (χ4v) is 2.51. The SMILES string of the molecule is CCCNC(Cn1ncccc1=O)c1ccc(C)cc1C. The van der Waals surface area contributed by atoms with Gasteiger partial charge in [0.25, 0.3) is 5.56 Å². The smallest absolute Gasteiger partial charge is 0.266 e. The highest BCUT2D eigenvalue weighted by molar-refractivity contribution is 5.32. The van der Waals surface area contributed by atoms with E-state index in [1.54, 1.807) is 18.3 Å². The number of hydrogen-bond donors (Lipinski definition) is 1. The fourth-order valence-electron chi connectivity index (χ4n) is 2.51. The highest BCUT2D eigenvalue weighted by Gasteiger charge is 2.15. The molecule has 0 saturated carbocycles. The Labute approximate surface area is 125 Å². The van der Waals surface area contributed by atoms with E-state index in [1.807, 2.05) is 0 Å². The summed E-state index contributed by atoms with van der Waals surface area (Å²) < 4.78 is 1.52. The zero-order chi connectivity index (χ0) is 15.2. The molecule has 0 saturated heterocycles. The van der Waals surface area contributed by atoms with Crippen molar-refractivity contribution in [1.82, 2.24) is 15.1 Å². The maximum Gasteiger partial charge on any atom is 0.266 e. The molecule has 0 amide bonds. The lowest BCUT2D eigenvalue weighted by molar-refractivity contribution is 0.425. The van der Waals surface area contributed by atoms with Crippen LogP contribution in [0, 0.1) is 13.8 Å². The van der Waals surface area contributed by atoms with E-state index in [0.29, 0.717) is 6.54 Å². The number of rotatable bonds is 6. The largest absolute Gasteiger partial charge is 0.308 e. The van der Waals surface area contributed by atoms with Crippen LogP contribution in [-0.2, 0) is 6.54 Å². The Morgan fingerprint density at radius 2 is 2.10 bits per heavy atom. The van der Waals surface area contributed by atoms with Gasteiger partial charge in [0.1, 0.15) is 0 Å². The maximum absolute atomic E-state index is 11.9. The molecule has 21 heavy (non-hydrogen) atoms. The van der Waals surface area contributed by atoms with Gasteiger partial charge in [0.2, 0.25) is 0 Å². The third-order valence-corrected chi connectivity index (χ3v) is 3.58. The van der Waals surface area contributed by atoms with Crippen molar-refractivity contribution in [2.45, 2.75) is 39.8 Å². The second-order valence-electron chi connectivity index (χ2n) is 5.41. The minimum absolute atomic E-state index is 0.0643. The first-order valence-corrected chi connectivity index (χ1v) is 7.44. The normalized spacial score (nSPS) is 12.3. The van der Waals surface area contributed by atoms with Crippen LogP contribution in [0.2, 0.25) is 0 Å². The van der Waals surface area contributed by atoms with Crippen molar-refractivity contribution in [1.29, 1.82) is 0 Å². The molecule has 1 unspecified atom stereocenters. The summed E-state index contributed by atoms with van der Waals surface area (Å²) in [7, 11) is 0. The first kappa shape index (κ1) is 15.4. The third kappa shape index (κ3) is 4.02. The fraction of sp³-hybridized carbons (Fsp3) is 0.412. The molecule has 0 fully saturated rings. The minimum Gasteiger partial charge on any atom is -0.308 e. The first-order valence-electron chi connectivity index (χ1n) is 7.44. The number of nitrogens with zero attached hydrogens (tertiary/aromatic N) is 2. The van der Waals surface area contributed by atoms with Gasteiger partial charge in [-0.1, -0.05) is 30.7 Å². The molecule has 0 aliphatic heterocycles. The van der Waals surface area contributed by atoms with Crippen LogP contribution in [0.25, 0.3) is 0 Å². The molecule has 1 aromatic heterocycles. The molecule has 4 heteroatoms. The van der Waals surface area contributed by atoms with E-state index < -0.39 is 0 Å². The molecule has 0 spiro atoms. The van der Waals surface area contributed by atoms with E-state index in [1.165, 1.54) is 21.4 Å². The second-order valence-corrected chi connectivity index (χ2v) is 5.41. The van der Waals surface area contributed by atoms with Gasteiger partial charge < -0.3 is 5.32 Å². The molecule has 112 valence electrons. The van der Waals surface area contributed by atoms with Gasteiger partial charge in [-0.25, -0.2) is 4.68 Å². The molecular weight excluding hydrogens is 262 g/mol. The van der Waals surface area contributed by atoms with Crippen LogP contribution >= 0.6 is 0 Å². The third-order valence-electron chi connectivity index (χ3n) is 3.58. The van der Waals surface area contributed by atoms with Crippen molar-refractivity contribution in [3.05, 3.63) is 63.6 Å². The van der Waals surface area contributed by atoms with Gasteiger partial charge in [-0.3, -0.25) is 4.79 Å². The van der Waals surface area contributed by atoms with Gasteiger partial charge in [-0.05, 0) is 44.0 Å². The molecule has 1 N–H and O–H groups in total. The Bertz CT molecular complexity index is 648. The Hall–Kier alpha value is -1.94. The summed E-state index contributed by atoms with van der Waals surface area (Å²) in [5.41, 5.74) is 3.66. The Morgan fingerprint density at radius 1 is 1.29 bits per heavy atom. The van der Waals surface area contributed by atoms with Crippen LogP contribution in [0.15, 0.2) is 41.3 Å². The highest BCUT2D eigenvalue weighted by atomic mass is 16.1. The van der Waals surface area contributed by atoms with Crippen molar-refractivity contribution < 1.29 is 0 Å². The summed E-state index contributed by atoms with van der Waals surface area (Å²) >= 11 is 0. The minimum atomic E-state index is -0.0643. The van der Waals surface area contributed by atoms with E-state index in [-0.39, 0.29) is 11.6 Å².